The Labute approximate surface area is 155 Å². The van der Waals surface area contributed by atoms with Crippen molar-refractivity contribution in [2.45, 2.75) is 6.10 Å². The van der Waals surface area contributed by atoms with Gasteiger partial charge in [0, 0.05) is 17.1 Å². The van der Waals surface area contributed by atoms with Gasteiger partial charge in [0.15, 0.2) is 11.1 Å². The summed E-state index contributed by atoms with van der Waals surface area (Å²) < 4.78 is 11.3. The van der Waals surface area contributed by atoms with Crippen LogP contribution in [0.5, 0.6) is 5.88 Å². The molecular formula is C20H16ClN3O2. The van der Waals surface area contributed by atoms with Gasteiger partial charge < -0.3 is 15.0 Å². The molecule has 4 aromatic rings. The molecule has 0 aliphatic rings. The van der Waals surface area contributed by atoms with E-state index in [0.717, 1.165) is 16.8 Å². The number of halogens is 1. The summed E-state index contributed by atoms with van der Waals surface area (Å²) in [6.07, 6.45) is -0.338. The summed E-state index contributed by atoms with van der Waals surface area (Å²) in [6.45, 7) is 0.308. The molecule has 0 fully saturated rings. The van der Waals surface area contributed by atoms with Crippen LogP contribution in [0.3, 0.4) is 0 Å². The van der Waals surface area contributed by atoms with E-state index in [1.807, 2.05) is 60.7 Å². The highest BCUT2D eigenvalue weighted by molar-refractivity contribution is 6.33. The lowest BCUT2D eigenvalue weighted by molar-refractivity contribution is 0.196. The first-order chi connectivity index (χ1) is 12.8. The predicted octanol–water partition coefficient (Wildman–Crippen LogP) is 4.62. The molecule has 0 unspecified atom stereocenters. The minimum Gasteiger partial charge on any atom is -0.464 e. The second-order valence-electron chi connectivity index (χ2n) is 5.76. The lowest BCUT2D eigenvalue weighted by Crippen LogP contribution is -2.18. The number of aromatic nitrogens is 2. The molecule has 1 atom stereocenters. The quantitative estimate of drug-likeness (QED) is 0.558. The second-order valence-corrected chi connectivity index (χ2v) is 6.17. The van der Waals surface area contributed by atoms with Crippen molar-refractivity contribution < 1.29 is 9.26 Å². The molecule has 130 valence electrons. The number of pyridine rings is 1. The maximum absolute atomic E-state index is 6.28. The molecule has 2 N–H and O–H groups in total. The van der Waals surface area contributed by atoms with Crippen LogP contribution in [-0.4, -0.2) is 16.7 Å². The number of fused-ring (bicyclic) bond motifs is 1. The van der Waals surface area contributed by atoms with Gasteiger partial charge in [-0.15, -0.1) is 0 Å². The summed E-state index contributed by atoms with van der Waals surface area (Å²) in [7, 11) is 0. The van der Waals surface area contributed by atoms with Gasteiger partial charge in [-0.25, -0.2) is 4.98 Å². The molecule has 6 heteroatoms. The third kappa shape index (κ3) is 3.14. The highest BCUT2D eigenvalue weighted by Crippen LogP contribution is 2.32. The van der Waals surface area contributed by atoms with Gasteiger partial charge in [0.05, 0.1) is 5.69 Å². The summed E-state index contributed by atoms with van der Waals surface area (Å²) in [5.41, 5.74) is 9.49. The van der Waals surface area contributed by atoms with Gasteiger partial charge in [-0.3, -0.25) is 0 Å². The molecule has 0 spiro atoms. The first kappa shape index (κ1) is 16.6. The Morgan fingerprint density at radius 3 is 2.54 bits per heavy atom. The van der Waals surface area contributed by atoms with E-state index in [1.54, 1.807) is 6.07 Å². The van der Waals surface area contributed by atoms with Crippen molar-refractivity contribution in [3.8, 4) is 17.1 Å². The molecular weight excluding hydrogens is 350 g/mol. The Hall–Kier alpha value is -2.89. The first-order valence-corrected chi connectivity index (χ1v) is 8.57. The number of hydrogen-bond acceptors (Lipinski definition) is 5. The smallest absolute Gasteiger partial charge is 0.281 e. The SMILES string of the molecule is NC[C@H](Oc1noc2ccc(-c3ccccc3Cl)nc12)c1ccccc1. The van der Waals surface area contributed by atoms with Gasteiger partial charge in [-0.05, 0) is 28.9 Å². The topological polar surface area (TPSA) is 74.2 Å². The molecule has 0 bridgehead atoms. The third-order valence-corrected chi connectivity index (χ3v) is 4.41. The van der Waals surface area contributed by atoms with Gasteiger partial charge in [0.2, 0.25) is 0 Å². The number of nitrogens with zero attached hydrogens (tertiary/aromatic N) is 2. The molecule has 2 heterocycles. The minimum absolute atomic E-state index is 0.308. The van der Waals surface area contributed by atoms with E-state index in [4.69, 9.17) is 26.6 Å². The van der Waals surface area contributed by atoms with Crippen molar-refractivity contribution in [2.24, 2.45) is 5.73 Å². The zero-order chi connectivity index (χ0) is 17.9. The van der Waals surface area contributed by atoms with Crippen molar-refractivity contribution in [3.63, 3.8) is 0 Å². The van der Waals surface area contributed by atoms with Crippen molar-refractivity contribution in [2.75, 3.05) is 6.54 Å². The van der Waals surface area contributed by atoms with E-state index < -0.39 is 0 Å². The number of ether oxygens (including phenoxy) is 1. The highest BCUT2D eigenvalue weighted by Gasteiger charge is 2.18. The lowest BCUT2D eigenvalue weighted by Gasteiger charge is -2.15. The molecule has 0 saturated heterocycles. The second kappa shape index (κ2) is 7.15. The number of benzene rings is 2. The zero-order valence-corrected chi connectivity index (χ0v) is 14.6. The average Bonchev–Trinajstić information content (AvgIpc) is 3.09. The van der Waals surface area contributed by atoms with Crippen molar-refractivity contribution >= 4 is 22.7 Å². The van der Waals surface area contributed by atoms with Crippen molar-refractivity contribution in [1.82, 2.24) is 10.1 Å². The fourth-order valence-electron chi connectivity index (χ4n) is 2.76. The third-order valence-electron chi connectivity index (χ3n) is 4.08. The van der Waals surface area contributed by atoms with Crippen molar-refractivity contribution in [1.29, 1.82) is 0 Å². The van der Waals surface area contributed by atoms with Crippen LogP contribution in [0, 0.1) is 0 Å². The maximum atomic E-state index is 6.28. The lowest BCUT2D eigenvalue weighted by atomic mass is 10.1. The summed E-state index contributed by atoms with van der Waals surface area (Å²) in [5.74, 6) is 0.313. The summed E-state index contributed by atoms with van der Waals surface area (Å²) >= 11 is 6.28. The van der Waals surface area contributed by atoms with Gasteiger partial charge in [-0.1, -0.05) is 60.1 Å². The molecule has 2 aromatic carbocycles. The Morgan fingerprint density at radius 2 is 1.77 bits per heavy atom. The largest absolute Gasteiger partial charge is 0.464 e. The standard InChI is InChI=1S/C20H16ClN3O2/c21-15-9-5-4-8-14(15)16-10-11-17-19(23-16)20(24-26-17)25-18(12-22)13-6-2-1-3-7-13/h1-11,18H,12,22H2/t18-/m0/s1. The van der Waals surface area contributed by atoms with Gasteiger partial charge in [0.1, 0.15) is 6.10 Å². The van der Waals surface area contributed by atoms with Gasteiger partial charge in [0.25, 0.3) is 5.88 Å². The molecule has 0 aliphatic heterocycles. The minimum atomic E-state index is -0.338. The summed E-state index contributed by atoms with van der Waals surface area (Å²) in [6, 6.07) is 20.9. The molecule has 0 amide bonds. The predicted molar refractivity (Wildman–Crippen MR) is 101 cm³/mol. The van der Waals surface area contributed by atoms with E-state index in [2.05, 4.69) is 10.1 Å². The Bertz CT molecular complexity index is 1030. The molecule has 2 aromatic heterocycles. The number of hydrogen-bond donors (Lipinski definition) is 1. The Morgan fingerprint density at radius 1 is 1.00 bits per heavy atom. The Kier molecular flexibility index (Phi) is 4.56. The summed E-state index contributed by atoms with van der Waals surface area (Å²) in [5, 5.41) is 4.64. The Balaban J connectivity index is 1.72. The van der Waals surface area contributed by atoms with Gasteiger partial charge in [-0.2, -0.15) is 0 Å². The van der Waals surface area contributed by atoms with E-state index in [0.29, 0.717) is 28.5 Å². The maximum Gasteiger partial charge on any atom is 0.281 e. The molecule has 0 saturated carbocycles. The van der Waals surface area contributed by atoms with Crippen LogP contribution < -0.4 is 10.5 Å². The number of nitrogens with two attached hydrogens (primary N) is 1. The normalized spacial score (nSPS) is 12.2. The molecule has 0 radical (unpaired) electrons. The van der Waals surface area contributed by atoms with E-state index >= 15 is 0 Å². The van der Waals surface area contributed by atoms with Crippen molar-refractivity contribution in [3.05, 3.63) is 77.3 Å². The van der Waals surface area contributed by atoms with Gasteiger partial charge >= 0.3 is 0 Å². The molecule has 0 aliphatic carbocycles. The van der Waals surface area contributed by atoms with E-state index in [1.165, 1.54) is 0 Å². The fraction of sp³-hybridized carbons (Fsp3) is 0.100. The van der Waals surface area contributed by atoms with Crippen LogP contribution in [0.4, 0.5) is 0 Å². The molecule has 5 nitrogen and oxygen atoms in total. The number of rotatable bonds is 5. The first-order valence-electron chi connectivity index (χ1n) is 8.19. The zero-order valence-electron chi connectivity index (χ0n) is 13.8. The van der Waals surface area contributed by atoms with Crippen LogP contribution in [0.2, 0.25) is 5.02 Å². The van der Waals surface area contributed by atoms with E-state index in [9.17, 15) is 0 Å². The van der Waals surface area contributed by atoms with Crippen LogP contribution in [0.1, 0.15) is 11.7 Å². The monoisotopic (exact) mass is 365 g/mol. The summed E-state index contributed by atoms with van der Waals surface area (Å²) in [4.78, 5) is 4.64. The highest BCUT2D eigenvalue weighted by atomic mass is 35.5. The van der Waals surface area contributed by atoms with Crippen LogP contribution in [0.15, 0.2) is 71.3 Å². The van der Waals surface area contributed by atoms with Crippen LogP contribution >= 0.6 is 11.6 Å². The average molecular weight is 366 g/mol. The van der Waals surface area contributed by atoms with Crippen LogP contribution in [0.25, 0.3) is 22.4 Å². The van der Waals surface area contributed by atoms with E-state index in [-0.39, 0.29) is 6.10 Å². The van der Waals surface area contributed by atoms with Crippen LogP contribution in [-0.2, 0) is 0 Å². The molecule has 26 heavy (non-hydrogen) atoms. The molecule has 4 rings (SSSR count). The fourth-order valence-corrected chi connectivity index (χ4v) is 2.99.